The van der Waals surface area contributed by atoms with Crippen molar-refractivity contribution in [3.63, 3.8) is 0 Å². The highest BCUT2D eigenvalue weighted by Gasteiger charge is 2.22. The maximum absolute atomic E-state index is 3.76. The number of nitrogens with one attached hydrogen (secondary N) is 2. The van der Waals surface area contributed by atoms with Gasteiger partial charge in [0, 0.05) is 12.1 Å². The minimum absolute atomic E-state index is 0.820. The van der Waals surface area contributed by atoms with Crippen LogP contribution >= 0.6 is 0 Å². The van der Waals surface area contributed by atoms with Crippen LogP contribution < -0.4 is 10.6 Å². The molecule has 2 saturated carbocycles. The highest BCUT2D eigenvalue weighted by molar-refractivity contribution is 4.80. The monoisotopic (exact) mass is 280 g/mol. The van der Waals surface area contributed by atoms with Gasteiger partial charge in [-0.3, -0.25) is 0 Å². The molecule has 118 valence electrons. The average Bonchev–Trinajstić information content (AvgIpc) is 3.02. The summed E-state index contributed by atoms with van der Waals surface area (Å²) in [5.74, 6) is 1.82. The van der Waals surface area contributed by atoms with Gasteiger partial charge in [0.05, 0.1) is 0 Å². The van der Waals surface area contributed by atoms with E-state index in [1.54, 1.807) is 0 Å². The molecule has 2 aliphatic rings. The van der Waals surface area contributed by atoms with E-state index in [2.05, 4.69) is 24.5 Å². The first kappa shape index (κ1) is 16.3. The van der Waals surface area contributed by atoms with Crippen LogP contribution in [0.5, 0.6) is 0 Å². The van der Waals surface area contributed by atoms with E-state index in [0.717, 1.165) is 23.9 Å². The fraction of sp³-hybridized carbons (Fsp3) is 1.00. The third-order valence-corrected chi connectivity index (χ3v) is 5.64. The van der Waals surface area contributed by atoms with Gasteiger partial charge in [-0.15, -0.1) is 0 Å². The molecule has 0 spiro atoms. The third-order valence-electron chi connectivity index (χ3n) is 5.64. The Morgan fingerprint density at radius 1 is 0.650 bits per heavy atom. The van der Waals surface area contributed by atoms with E-state index >= 15 is 0 Å². The smallest absolute Gasteiger partial charge is 0.00926 e. The minimum atomic E-state index is 0.820. The molecule has 2 nitrogen and oxygen atoms in total. The van der Waals surface area contributed by atoms with E-state index in [9.17, 15) is 0 Å². The maximum Gasteiger partial charge on any atom is 0.00926 e. The topological polar surface area (TPSA) is 24.1 Å². The first-order chi connectivity index (χ1) is 9.77. The normalized spacial score (nSPS) is 33.9. The van der Waals surface area contributed by atoms with Crippen LogP contribution in [0, 0.1) is 11.8 Å². The zero-order valence-electron chi connectivity index (χ0n) is 13.8. The predicted octanol–water partition coefficient (Wildman–Crippen LogP) is 4.10. The van der Waals surface area contributed by atoms with E-state index in [-0.39, 0.29) is 0 Å². The molecule has 0 saturated heterocycles. The van der Waals surface area contributed by atoms with Crippen molar-refractivity contribution in [1.82, 2.24) is 10.6 Å². The molecular formula is C18H36N2. The molecule has 2 aliphatic carbocycles. The van der Waals surface area contributed by atoms with Crippen LogP contribution in [0.4, 0.5) is 0 Å². The van der Waals surface area contributed by atoms with Crippen molar-refractivity contribution in [1.29, 1.82) is 0 Å². The second kappa shape index (κ2) is 9.04. The molecule has 0 radical (unpaired) electrons. The second-order valence-corrected chi connectivity index (χ2v) is 7.35. The zero-order valence-corrected chi connectivity index (χ0v) is 13.8. The summed E-state index contributed by atoms with van der Waals surface area (Å²) in [6, 6.07) is 1.64. The molecular weight excluding hydrogens is 244 g/mol. The molecule has 0 heterocycles. The van der Waals surface area contributed by atoms with E-state index < -0.39 is 0 Å². The van der Waals surface area contributed by atoms with Crippen molar-refractivity contribution >= 4 is 0 Å². The first-order valence-electron chi connectivity index (χ1n) is 9.24. The van der Waals surface area contributed by atoms with E-state index in [1.807, 2.05) is 0 Å². The highest BCUT2D eigenvalue weighted by atomic mass is 14.9. The first-order valence-corrected chi connectivity index (χ1v) is 9.24. The summed E-state index contributed by atoms with van der Waals surface area (Å²) in [7, 11) is 0. The quantitative estimate of drug-likeness (QED) is 0.621. The van der Waals surface area contributed by atoms with Crippen LogP contribution in [0.25, 0.3) is 0 Å². The molecule has 2 heteroatoms. The molecule has 0 bridgehead atoms. The lowest BCUT2D eigenvalue weighted by Crippen LogP contribution is -2.32. The molecule has 2 N–H and O–H groups in total. The predicted molar refractivity (Wildman–Crippen MR) is 88.1 cm³/mol. The molecule has 0 aromatic carbocycles. The average molecular weight is 280 g/mol. The standard InChI is InChI=1S/C18H36N2/c1-15-9-7-11-17(15)19-13-5-3-4-6-14-20-18-12-8-10-16(18)2/h15-20H,3-14H2,1-2H3. The van der Waals surface area contributed by atoms with Gasteiger partial charge in [-0.25, -0.2) is 0 Å². The van der Waals surface area contributed by atoms with Crippen molar-refractivity contribution in [2.45, 2.75) is 90.1 Å². The lowest BCUT2D eigenvalue weighted by molar-refractivity contribution is 0.409. The molecule has 0 amide bonds. The van der Waals surface area contributed by atoms with Gasteiger partial charge in [-0.1, -0.05) is 39.5 Å². The zero-order chi connectivity index (χ0) is 14.2. The van der Waals surface area contributed by atoms with Crippen molar-refractivity contribution in [3.05, 3.63) is 0 Å². The van der Waals surface area contributed by atoms with Crippen LogP contribution in [0.15, 0.2) is 0 Å². The van der Waals surface area contributed by atoms with E-state index in [4.69, 9.17) is 0 Å². The SMILES string of the molecule is CC1CCCC1NCCCCCCNC1CCCC1C. The van der Waals surface area contributed by atoms with E-state index in [1.165, 1.54) is 77.3 Å². The Hall–Kier alpha value is -0.0800. The van der Waals surface area contributed by atoms with Crippen molar-refractivity contribution in [2.75, 3.05) is 13.1 Å². The summed E-state index contributed by atoms with van der Waals surface area (Å²) < 4.78 is 0. The molecule has 20 heavy (non-hydrogen) atoms. The van der Waals surface area contributed by atoms with Crippen LogP contribution in [0.1, 0.15) is 78.1 Å². The Balaban J connectivity index is 1.37. The summed E-state index contributed by atoms with van der Waals surface area (Å²) in [4.78, 5) is 0. The fourth-order valence-electron chi connectivity index (χ4n) is 4.08. The third kappa shape index (κ3) is 5.37. The fourth-order valence-corrected chi connectivity index (χ4v) is 4.08. The van der Waals surface area contributed by atoms with Crippen LogP contribution in [0.2, 0.25) is 0 Å². The minimum Gasteiger partial charge on any atom is -0.314 e. The molecule has 4 atom stereocenters. The Bertz CT molecular complexity index is 228. The Morgan fingerprint density at radius 2 is 1.10 bits per heavy atom. The molecule has 2 fully saturated rings. The summed E-state index contributed by atoms with van der Waals surface area (Å²) in [5.41, 5.74) is 0. The largest absolute Gasteiger partial charge is 0.314 e. The molecule has 0 aromatic heterocycles. The Labute approximate surface area is 126 Å². The molecule has 0 aliphatic heterocycles. The number of hydrogen-bond donors (Lipinski definition) is 2. The Kier molecular flexibility index (Phi) is 7.37. The van der Waals surface area contributed by atoms with Gasteiger partial charge in [-0.05, 0) is 63.5 Å². The van der Waals surface area contributed by atoms with Gasteiger partial charge >= 0.3 is 0 Å². The Morgan fingerprint density at radius 3 is 1.45 bits per heavy atom. The maximum atomic E-state index is 3.76. The van der Waals surface area contributed by atoms with Gasteiger partial charge in [0.15, 0.2) is 0 Å². The summed E-state index contributed by atoms with van der Waals surface area (Å²) in [5, 5.41) is 7.51. The van der Waals surface area contributed by atoms with Crippen LogP contribution in [-0.2, 0) is 0 Å². The lowest BCUT2D eigenvalue weighted by Gasteiger charge is -2.18. The molecule has 0 aromatic rings. The lowest BCUT2D eigenvalue weighted by atomic mass is 10.1. The number of hydrogen-bond acceptors (Lipinski definition) is 2. The van der Waals surface area contributed by atoms with Gasteiger partial charge in [0.25, 0.3) is 0 Å². The van der Waals surface area contributed by atoms with Crippen LogP contribution in [-0.4, -0.2) is 25.2 Å². The number of unbranched alkanes of at least 4 members (excludes halogenated alkanes) is 3. The van der Waals surface area contributed by atoms with Gasteiger partial charge in [-0.2, -0.15) is 0 Å². The van der Waals surface area contributed by atoms with Gasteiger partial charge in [0.1, 0.15) is 0 Å². The highest BCUT2D eigenvalue weighted by Crippen LogP contribution is 2.25. The van der Waals surface area contributed by atoms with Crippen molar-refractivity contribution in [3.8, 4) is 0 Å². The van der Waals surface area contributed by atoms with Crippen molar-refractivity contribution < 1.29 is 0 Å². The number of rotatable bonds is 9. The van der Waals surface area contributed by atoms with Gasteiger partial charge in [0.2, 0.25) is 0 Å². The second-order valence-electron chi connectivity index (χ2n) is 7.35. The summed E-state index contributed by atoms with van der Waals surface area (Å²) in [6.07, 6.45) is 14.1. The van der Waals surface area contributed by atoms with E-state index in [0.29, 0.717) is 0 Å². The van der Waals surface area contributed by atoms with Gasteiger partial charge < -0.3 is 10.6 Å². The van der Waals surface area contributed by atoms with Crippen LogP contribution in [0.3, 0.4) is 0 Å². The molecule has 4 unspecified atom stereocenters. The summed E-state index contributed by atoms with van der Waals surface area (Å²) in [6.45, 7) is 7.28. The van der Waals surface area contributed by atoms with Crippen molar-refractivity contribution in [2.24, 2.45) is 11.8 Å². The summed E-state index contributed by atoms with van der Waals surface area (Å²) >= 11 is 0. The molecule has 2 rings (SSSR count).